The van der Waals surface area contributed by atoms with Gasteiger partial charge in [0.2, 0.25) is 11.8 Å². The van der Waals surface area contributed by atoms with Crippen LogP contribution in [0.15, 0.2) is 12.3 Å². The van der Waals surface area contributed by atoms with Gasteiger partial charge in [0.1, 0.15) is 0 Å². The van der Waals surface area contributed by atoms with Crippen molar-refractivity contribution in [2.24, 2.45) is 0 Å². The highest BCUT2D eigenvalue weighted by Crippen LogP contribution is 2.12. The number of methoxy groups -OCH3 is 2. The second kappa shape index (κ2) is 6.65. The Kier molecular flexibility index (Phi) is 5.48. The summed E-state index contributed by atoms with van der Waals surface area (Å²) in [5.74, 6) is 1.20. The molecule has 0 aromatic carbocycles. The Hall–Kier alpha value is -0.880. The third-order valence-corrected chi connectivity index (χ3v) is 2.54. The predicted octanol–water partition coefficient (Wildman–Crippen LogP) is 1.33. The summed E-state index contributed by atoms with van der Waals surface area (Å²) < 4.78 is 10.1. The van der Waals surface area contributed by atoms with E-state index in [2.05, 4.69) is 25.9 Å². The molecule has 16 heavy (non-hydrogen) atoms. The molecule has 90 valence electrons. The summed E-state index contributed by atoms with van der Waals surface area (Å²) in [5, 5.41) is 0. The van der Waals surface area contributed by atoms with Crippen molar-refractivity contribution in [3.8, 4) is 5.88 Å². The van der Waals surface area contributed by atoms with Gasteiger partial charge in [-0.05, 0) is 0 Å². The molecule has 0 amide bonds. The van der Waals surface area contributed by atoms with Gasteiger partial charge in [-0.1, -0.05) is 15.9 Å². The van der Waals surface area contributed by atoms with E-state index in [-0.39, 0.29) is 4.83 Å². The first-order valence-corrected chi connectivity index (χ1v) is 5.80. The molecule has 1 unspecified atom stereocenters. The largest absolute Gasteiger partial charge is 0.481 e. The lowest BCUT2D eigenvalue weighted by molar-refractivity contribution is 0.201. The van der Waals surface area contributed by atoms with Crippen LogP contribution in [0.5, 0.6) is 5.88 Å². The molecule has 0 fully saturated rings. The molecule has 1 heterocycles. The highest BCUT2D eigenvalue weighted by molar-refractivity contribution is 9.09. The highest BCUT2D eigenvalue weighted by atomic mass is 79.9. The topological polar surface area (TPSA) is 47.5 Å². The Bertz CT molecular complexity index is 325. The smallest absolute Gasteiger partial charge is 0.228 e. The number of ether oxygens (including phenoxy) is 2. The average molecular weight is 290 g/mol. The number of aromatic nitrogens is 2. The van der Waals surface area contributed by atoms with Crippen molar-refractivity contribution in [1.29, 1.82) is 0 Å². The van der Waals surface area contributed by atoms with Gasteiger partial charge in [-0.3, -0.25) is 0 Å². The van der Waals surface area contributed by atoms with Crippen LogP contribution in [0.1, 0.15) is 0 Å². The van der Waals surface area contributed by atoms with E-state index in [0.29, 0.717) is 18.4 Å². The van der Waals surface area contributed by atoms with Gasteiger partial charge in [0, 0.05) is 33.0 Å². The first-order valence-electron chi connectivity index (χ1n) is 4.88. The third kappa shape index (κ3) is 3.94. The molecular weight excluding hydrogens is 274 g/mol. The molecule has 0 spiro atoms. The molecule has 6 heteroatoms. The highest BCUT2D eigenvalue weighted by Gasteiger charge is 2.11. The Morgan fingerprint density at radius 2 is 2.25 bits per heavy atom. The first-order chi connectivity index (χ1) is 7.67. The van der Waals surface area contributed by atoms with E-state index in [9.17, 15) is 0 Å². The van der Waals surface area contributed by atoms with Gasteiger partial charge in [-0.2, -0.15) is 4.98 Å². The van der Waals surface area contributed by atoms with Crippen LogP contribution in [0.25, 0.3) is 0 Å². The maximum atomic E-state index is 5.05. The summed E-state index contributed by atoms with van der Waals surface area (Å²) in [6.07, 6.45) is 1.68. The third-order valence-electron chi connectivity index (χ3n) is 1.99. The molecule has 0 saturated heterocycles. The fourth-order valence-electron chi connectivity index (χ4n) is 1.24. The lowest BCUT2D eigenvalue weighted by Gasteiger charge is -2.20. The lowest BCUT2D eigenvalue weighted by Crippen LogP contribution is -2.29. The number of nitrogens with zero attached hydrogens (tertiary/aromatic N) is 3. The van der Waals surface area contributed by atoms with Gasteiger partial charge >= 0.3 is 0 Å². The Morgan fingerprint density at radius 1 is 1.50 bits per heavy atom. The first kappa shape index (κ1) is 13.2. The van der Waals surface area contributed by atoms with Crippen molar-refractivity contribution in [2.75, 3.05) is 39.3 Å². The summed E-state index contributed by atoms with van der Waals surface area (Å²) in [5.41, 5.74) is 0. The molecule has 0 radical (unpaired) electrons. The van der Waals surface area contributed by atoms with Gasteiger partial charge in [-0.25, -0.2) is 4.98 Å². The number of halogens is 1. The summed E-state index contributed by atoms with van der Waals surface area (Å²) >= 11 is 3.52. The lowest BCUT2D eigenvalue weighted by atomic mass is 10.4. The van der Waals surface area contributed by atoms with Crippen LogP contribution >= 0.6 is 15.9 Å². The molecule has 5 nitrogen and oxygen atoms in total. The van der Waals surface area contributed by atoms with Crippen LogP contribution in [0.2, 0.25) is 0 Å². The van der Waals surface area contributed by atoms with Gasteiger partial charge in [0.05, 0.1) is 18.5 Å². The van der Waals surface area contributed by atoms with E-state index >= 15 is 0 Å². The molecule has 1 atom stereocenters. The Labute approximate surface area is 104 Å². The fraction of sp³-hybridized carbons (Fsp3) is 0.600. The summed E-state index contributed by atoms with van der Waals surface area (Å²) in [7, 11) is 5.19. The number of hydrogen-bond donors (Lipinski definition) is 0. The number of anilines is 1. The van der Waals surface area contributed by atoms with Crippen molar-refractivity contribution < 1.29 is 9.47 Å². The average Bonchev–Trinajstić information content (AvgIpc) is 2.29. The van der Waals surface area contributed by atoms with Gasteiger partial charge in [0.25, 0.3) is 0 Å². The van der Waals surface area contributed by atoms with Crippen LogP contribution in [0.3, 0.4) is 0 Å². The normalized spacial score (nSPS) is 12.2. The van der Waals surface area contributed by atoms with Crippen LogP contribution in [0.4, 0.5) is 5.95 Å². The number of alkyl halides is 1. The van der Waals surface area contributed by atoms with Crippen LogP contribution in [-0.4, -0.2) is 49.2 Å². The number of rotatable bonds is 6. The van der Waals surface area contributed by atoms with Crippen molar-refractivity contribution >= 4 is 21.9 Å². The molecule has 0 aliphatic heterocycles. The molecule has 0 N–H and O–H groups in total. The second-order valence-electron chi connectivity index (χ2n) is 3.33. The monoisotopic (exact) mass is 289 g/mol. The second-order valence-corrected chi connectivity index (χ2v) is 4.63. The fourth-order valence-corrected chi connectivity index (χ4v) is 1.94. The quantitative estimate of drug-likeness (QED) is 0.740. The molecule has 1 aromatic heterocycles. The van der Waals surface area contributed by atoms with E-state index in [0.717, 1.165) is 6.54 Å². The summed E-state index contributed by atoms with van der Waals surface area (Å²) in [4.78, 5) is 10.6. The van der Waals surface area contributed by atoms with Crippen molar-refractivity contribution in [2.45, 2.75) is 4.83 Å². The van der Waals surface area contributed by atoms with Gasteiger partial charge in [-0.15, -0.1) is 0 Å². The van der Waals surface area contributed by atoms with E-state index in [4.69, 9.17) is 9.47 Å². The molecule has 0 aliphatic carbocycles. The minimum absolute atomic E-state index is 0.248. The van der Waals surface area contributed by atoms with Crippen molar-refractivity contribution in [3.63, 3.8) is 0 Å². The molecule has 0 aliphatic rings. The zero-order valence-corrected chi connectivity index (χ0v) is 11.3. The summed E-state index contributed by atoms with van der Waals surface area (Å²) in [6.45, 7) is 1.41. The Balaban J connectivity index is 2.61. The van der Waals surface area contributed by atoms with E-state index in [1.807, 2.05) is 11.9 Å². The van der Waals surface area contributed by atoms with Crippen molar-refractivity contribution in [1.82, 2.24) is 9.97 Å². The molecule has 1 aromatic rings. The molecular formula is C10H16BrN3O2. The van der Waals surface area contributed by atoms with Crippen LogP contribution < -0.4 is 9.64 Å². The number of hydrogen-bond acceptors (Lipinski definition) is 5. The molecule has 0 bridgehead atoms. The Morgan fingerprint density at radius 3 is 2.88 bits per heavy atom. The van der Waals surface area contributed by atoms with Gasteiger partial charge in [0.15, 0.2) is 0 Å². The van der Waals surface area contributed by atoms with Crippen LogP contribution in [0, 0.1) is 0 Å². The van der Waals surface area contributed by atoms with Gasteiger partial charge < -0.3 is 14.4 Å². The van der Waals surface area contributed by atoms with Crippen LogP contribution in [-0.2, 0) is 4.74 Å². The van der Waals surface area contributed by atoms with E-state index < -0.39 is 0 Å². The molecule has 1 rings (SSSR count). The SMILES string of the molecule is COCC(Br)CN(C)c1nccc(OC)n1. The zero-order chi connectivity index (χ0) is 12.0. The van der Waals surface area contributed by atoms with E-state index in [1.54, 1.807) is 26.5 Å². The molecule has 0 saturated carbocycles. The van der Waals surface area contributed by atoms with E-state index in [1.165, 1.54) is 0 Å². The summed E-state index contributed by atoms with van der Waals surface area (Å²) in [6, 6.07) is 1.72. The standard InChI is InChI=1S/C10H16BrN3O2/c1-14(6-8(11)7-15-2)10-12-5-4-9(13-10)16-3/h4-5,8H,6-7H2,1-3H3. The van der Waals surface area contributed by atoms with Crippen molar-refractivity contribution in [3.05, 3.63) is 12.3 Å². The maximum absolute atomic E-state index is 5.05. The predicted molar refractivity (Wildman–Crippen MR) is 66.4 cm³/mol. The zero-order valence-electron chi connectivity index (χ0n) is 9.68. The minimum Gasteiger partial charge on any atom is -0.481 e. The minimum atomic E-state index is 0.248. The maximum Gasteiger partial charge on any atom is 0.228 e.